The van der Waals surface area contributed by atoms with Gasteiger partial charge in [-0.3, -0.25) is 4.79 Å². The van der Waals surface area contributed by atoms with Crippen molar-refractivity contribution < 1.29 is 9.53 Å². The average molecular weight is 372 g/mol. The molecule has 28 heavy (non-hydrogen) atoms. The Morgan fingerprint density at radius 2 is 1.71 bits per heavy atom. The van der Waals surface area contributed by atoms with Crippen LogP contribution in [0.3, 0.4) is 0 Å². The van der Waals surface area contributed by atoms with Gasteiger partial charge in [-0.05, 0) is 62.4 Å². The standard InChI is InChI=1S/C22H20N4O2/c1-15(2)28-19-10-6-7-16(13-19)22(27)23-17-11-12-20-21(14-17)25-26(24-20)18-8-4-3-5-9-18/h3-15H,1-2H3,(H,23,27). The monoisotopic (exact) mass is 372 g/mol. The Balaban J connectivity index is 1.55. The number of para-hydroxylation sites is 1. The van der Waals surface area contributed by atoms with Crippen molar-refractivity contribution in [3.63, 3.8) is 0 Å². The Kier molecular flexibility index (Phi) is 4.76. The van der Waals surface area contributed by atoms with E-state index >= 15 is 0 Å². The Bertz CT molecular complexity index is 1120. The highest BCUT2D eigenvalue weighted by molar-refractivity contribution is 6.05. The smallest absolute Gasteiger partial charge is 0.255 e. The van der Waals surface area contributed by atoms with Crippen LogP contribution in [0.5, 0.6) is 5.75 Å². The summed E-state index contributed by atoms with van der Waals surface area (Å²) >= 11 is 0. The van der Waals surface area contributed by atoms with Gasteiger partial charge in [-0.2, -0.15) is 4.80 Å². The Hall–Kier alpha value is -3.67. The molecule has 0 fully saturated rings. The molecule has 140 valence electrons. The molecule has 0 radical (unpaired) electrons. The zero-order chi connectivity index (χ0) is 19.5. The first-order valence-electron chi connectivity index (χ1n) is 9.09. The number of rotatable bonds is 5. The lowest BCUT2D eigenvalue weighted by Gasteiger charge is -2.11. The maximum absolute atomic E-state index is 12.6. The van der Waals surface area contributed by atoms with Crippen molar-refractivity contribution in [3.05, 3.63) is 78.4 Å². The molecular weight excluding hydrogens is 352 g/mol. The molecule has 0 spiro atoms. The molecule has 0 unspecified atom stereocenters. The Morgan fingerprint density at radius 3 is 2.50 bits per heavy atom. The highest BCUT2D eigenvalue weighted by Crippen LogP contribution is 2.20. The summed E-state index contributed by atoms with van der Waals surface area (Å²) in [6.45, 7) is 3.90. The second-order valence-corrected chi connectivity index (χ2v) is 6.68. The molecule has 6 nitrogen and oxygen atoms in total. The number of benzene rings is 3. The van der Waals surface area contributed by atoms with Crippen LogP contribution in [0.2, 0.25) is 0 Å². The van der Waals surface area contributed by atoms with E-state index in [0.717, 1.165) is 11.2 Å². The average Bonchev–Trinajstić information content (AvgIpc) is 3.12. The number of anilines is 1. The van der Waals surface area contributed by atoms with Gasteiger partial charge in [-0.25, -0.2) is 0 Å². The molecular formula is C22H20N4O2. The lowest BCUT2D eigenvalue weighted by atomic mass is 10.2. The number of carbonyl (C=O) groups excluding carboxylic acids is 1. The minimum atomic E-state index is -0.205. The summed E-state index contributed by atoms with van der Waals surface area (Å²) < 4.78 is 5.66. The highest BCUT2D eigenvalue weighted by atomic mass is 16.5. The summed E-state index contributed by atoms with van der Waals surface area (Å²) in [6, 6.07) is 22.3. The van der Waals surface area contributed by atoms with Crippen LogP contribution < -0.4 is 10.1 Å². The molecule has 6 heteroatoms. The third kappa shape index (κ3) is 3.86. The second kappa shape index (κ2) is 7.52. The van der Waals surface area contributed by atoms with Crippen molar-refractivity contribution in [3.8, 4) is 11.4 Å². The second-order valence-electron chi connectivity index (χ2n) is 6.68. The van der Waals surface area contributed by atoms with E-state index in [4.69, 9.17) is 4.74 Å². The topological polar surface area (TPSA) is 69.0 Å². The molecule has 1 heterocycles. The number of nitrogens with zero attached hydrogens (tertiary/aromatic N) is 3. The van der Waals surface area contributed by atoms with Gasteiger partial charge in [0.15, 0.2) is 0 Å². The van der Waals surface area contributed by atoms with Gasteiger partial charge in [-0.15, -0.1) is 10.2 Å². The van der Waals surface area contributed by atoms with Gasteiger partial charge < -0.3 is 10.1 Å². The zero-order valence-corrected chi connectivity index (χ0v) is 15.7. The van der Waals surface area contributed by atoms with Crippen LogP contribution in [0.4, 0.5) is 5.69 Å². The Morgan fingerprint density at radius 1 is 0.929 bits per heavy atom. The van der Waals surface area contributed by atoms with E-state index in [1.807, 2.05) is 68.4 Å². The fourth-order valence-electron chi connectivity index (χ4n) is 2.86. The lowest BCUT2D eigenvalue weighted by molar-refractivity contribution is 0.102. The number of nitrogens with one attached hydrogen (secondary N) is 1. The van der Waals surface area contributed by atoms with Gasteiger partial charge in [-0.1, -0.05) is 24.3 Å². The summed E-state index contributed by atoms with van der Waals surface area (Å²) in [4.78, 5) is 14.2. The predicted molar refractivity (Wildman–Crippen MR) is 109 cm³/mol. The number of fused-ring (bicyclic) bond motifs is 1. The predicted octanol–water partition coefficient (Wildman–Crippen LogP) is 4.46. The van der Waals surface area contributed by atoms with Crippen molar-refractivity contribution in [2.75, 3.05) is 5.32 Å². The minimum absolute atomic E-state index is 0.0490. The molecule has 3 aromatic carbocycles. The van der Waals surface area contributed by atoms with Crippen molar-refractivity contribution in [1.82, 2.24) is 15.0 Å². The molecule has 1 N–H and O–H groups in total. The largest absolute Gasteiger partial charge is 0.491 e. The first kappa shape index (κ1) is 17.7. The molecule has 0 saturated heterocycles. The fourth-order valence-corrected chi connectivity index (χ4v) is 2.86. The van der Waals surface area contributed by atoms with Crippen LogP contribution in [0.25, 0.3) is 16.7 Å². The van der Waals surface area contributed by atoms with E-state index in [2.05, 4.69) is 15.5 Å². The van der Waals surface area contributed by atoms with Crippen LogP contribution in [0, 0.1) is 0 Å². The van der Waals surface area contributed by atoms with Gasteiger partial charge >= 0.3 is 0 Å². The maximum Gasteiger partial charge on any atom is 0.255 e. The molecule has 0 atom stereocenters. The van der Waals surface area contributed by atoms with Gasteiger partial charge in [0.05, 0.1) is 11.8 Å². The van der Waals surface area contributed by atoms with Crippen molar-refractivity contribution in [1.29, 1.82) is 0 Å². The molecule has 0 aliphatic carbocycles. The van der Waals surface area contributed by atoms with Gasteiger partial charge in [0.2, 0.25) is 0 Å². The number of aromatic nitrogens is 3. The number of amides is 1. The van der Waals surface area contributed by atoms with E-state index in [1.54, 1.807) is 23.0 Å². The fraction of sp³-hybridized carbons (Fsp3) is 0.136. The molecule has 0 bridgehead atoms. The molecule has 1 aromatic heterocycles. The van der Waals surface area contributed by atoms with Crippen molar-refractivity contribution >= 4 is 22.6 Å². The number of hydrogen-bond acceptors (Lipinski definition) is 4. The SMILES string of the molecule is CC(C)Oc1cccc(C(=O)Nc2ccc3nn(-c4ccccc4)nc3c2)c1. The molecule has 0 aliphatic rings. The van der Waals surface area contributed by atoms with E-state index in [9.17, 15) is 4.79 Å². The molecule has 0 aliphatic heterocycles. The third-order valence-electron chi connectivity index (χ3n) is 4.09. The lowest BCUT2D eigenvalue weighted by Crippen LogP contribution is -2.12. The molecule has 4 aromatic rings. The quantitative estimate of drug-likeness (QED) is 0.562. The zero-order valence-electron chi connectivity index (χ0n) is 15.7. The first-order chi connectivity index (χ1) is 13.6. The van der Waals surface area contributed by atoms with Crippen molar-refractivity contribution in [2.45, 2.75) is 20.0 Å². The van der Waals surface area contributed by atoms with Gasteiger partial charge in [0, 0.05) is 11.3 Å². The van der Waals surface area contributed by atoms with Crippen LogP contribution >= 0.6 is 0 Å². The summed E-state index contributed by atoms with van der Waals surface area (Å²) in [5, 5.41) is 11.9. The summed E-state index contributed by atoms with van der Waals surface area (Å²) in [5.74, 6) is 0.466. The molecule has 0 saturated carbocycles. The molecule has 4 rings (SSSR count). The number of carbonyl (C=O) groups is 1. The summed E-state index contributed by atoms with van der Waals surface area (Å²) in [7, 11) is 0. The normalized spacial score (nSPS) is 11.0. The first-order valence-corrected chi connectivity index (χ1v) is 9.09. The van der Waals surface area contributed by atoms with Crippen molar-refractivity contribution in [2.24, 2.45) is 0 Å². The van der Waals surface area contributed by atoms with E-state index < -0.39 is 0 Å². The molecule has 1 amide bonds. The van der Waals surface area contributed by atoms with Crippen LogP contribution in [-0.2, 0) is 0 Å². The number of ether oxygens (including phenoxy) is 1. The van der Waals surface area contributed by atoms with Crippen LogP contribution in [0.15, 0.2) is 72.8 Å². The van der Waals surface area contributed by atoms with Crippen LogP contribution in [-0.4, -0.2) is 27.0 Å². The Labute approximate surface area is 162 Å². The third-order valence-corrected chi connectivity index (χ3v) is 4.09. The highest BCUT2D eigenvalue weighted by Gasteiger charge is 2.10. The van der Waals surface area contributed by atoms with Gasteiger partial charge in [0.1, 0.15) is 16.8 Å². The number of hydrogen-bond donors (Lipinski definition) is 1. The summed E-state index contributed by atoms with van der Waals surface area (Å²) in [6.07, 6.45) is 0.0490. The summed E-state index contributed by atoms with van der Waals surface area (Å²) in [5.41, 5.74) is 3.54. The van der Waals surface area contributed by atoms with E-state index in [-0.39, 0.29) is 12.0 Å². The van der Waals surface area contributed by atoms with Gasteiger partial charge in [0.25, 0.3) is 5.91 Å². The minimum Gasteiger partial charge on any atom is -0.491 e. The van der Waals surface area contributed by atoms with Crippen LogP contribution in [0.1, 0.15) is 24.2 Å². The van der Waals surface area contributed by atoms with E-state index in [0.29, 0.717) is 22.5 Å². The van der Waals surface area contributed by atoms with E-state index in [1.165, 1.54) is 0 Å². The maximum atomic E-state index is 12.6.